The lowest BCUT2D eigenvalue weighted by molar-refractivity contribution is -0.119. The molecule has 0 unspecified atom stereocenters. The summed E-state index contributed by atoms with van der Waals surface area (Å²) < 4.78 is 7.06. The summed E-state index contributed by atoms with van der Waals surface area (Å²) in [6.45, 7) is 4.53. The van der Waals surface area contributed by atoms with E-state index in [1.807, 2.05) is 19.9 Å². The van der Waals surface area contributed by atoms with Gasteiger partial charge in [0.05, 0.1) is 23.4 Å². The first-order valence-corrected chi connectivity index (χ1v) is 11.4. The van der Waals surface area contributed by atoms with E-state index in [-0.39, 0.29) is 23.3 Å². The number of thioether (sulfide) groups is 1. The number of hydrogen-bond acceptors (Lipinski definition) is 6. The number of furan rings is 1. The lowest BCUT2D eigenvalue weighted by Gasteiger charge is -2.13. The van der Waals surface area contributed by atoms with Gasteiger partial charge in [-0.3, -0.25) is 14.2 Å². The summed E-state index contributed by atoms with van der Waals surface area (Å²) in [5.41, 5.74) is 1.24. The molecule has 0 aliphatic heterocycles. The molecule has 3 aromatic rings. The number of thiophene rings is 1. The third-order valence-corrected chi connectivity index (χ3v) is 7.08. The van der Waals surface area contributed by atoms with Gasteiger partial charge < -0.3 is 9.73 Å². The van der Waals surface area contributed by atoms with Gasteiger partial charge in [0, 0.05) is 11.4 Å². The topological polar surface area (TPSA) is 77.1 Å². The van der Waals surface area contributed by atoms with Crippen molar-refractivity contribution in [2.75, 3.05) is 5.75 Å². The molecular formula is C20H23N3O3S2. The van der Waals surface area contributed by atoms with Crippen molar-refractivity contribution in [2.45, 2.75) is 57.3 Å². The molecule has 3 aromatic heterocycles. The number of aromatic nitrogens is 2. The number of rotatable bonds is 7. The Bertz CT molecular complexity index is 1050. The molecule has 0 saturated heterocycles. The molecular weight excluding hydrogens is 394 g/mol. The minimum absolute atomic E-state index is 0.0399. The maximum absolute atomic E-state index is 13.1. The normalized spacial score (nSPS) is 14.4. The first-order valence-electron chi connectivity index (χ1n) is 9.59. The van der Waals surface area contributed by atoms with E-state index in [1.165, 1.54) is 22.2 Å². The Morgan fingerprint density at radius 1 is 1.46 bits per heavy atom. The van der Waals surface area contributed by atoms with Crippen LogP contribution in [0.4, 0.5) is 0 Å². The minimum Gasteiger partial charge on any atom is -0.467 e. The molecule has 28 heavy (non-hydrogen) atoms. The SMILES string of the molecule is CCCn1c(SCC(=O)N[C@@H](C)c2ccco2)nc2sc3c(c2c1=O)CCC3. The number of carbonyl (C=O) groups excluding carboxylic acids is 1. The molecule has 0 saturated carbocycles. The number of aryl methyl sites for hydroxylation is 2. The van der Waals surface area contributed by atoms with Crippen molar-refractivity contribution >= 4 is 39.2 Å². The monoisotopic (exact) mass is 417 g/mol. The molecule has 0 spiro atoms. The number of nitrogens with one attached hydrogen (secondary N) is 1. The van der Waals surface area contributed by atoms with E-state index in [4.69, 9.17) is 9.40 Å². The molecule has 0 bridgehead atoms. The summed E-state index contributed by atoms with van der Waals surface area (Å²) in [7, 11) is 0. The fraction of sp³-hybridized carbons (Fsp3) is 0.450. The van der Waals surface area contributed by atoms with Crippen LogP contribution in [0.15, 0.2) is 32.8 Å². The standard InChI is InChI=1S/C20H23N3O3S2/c1-3-9-23-19(25)17-13-6-4-8-15(13)28-18(17)22-20(23)27-11-16(24)21-12(2)14-7-5-10-26-14/h5,7,10,12H,3-4,6,8-9,11H2,1-2H3,(H,21,24)/t12-/m0/s1. The van der Waals surface area contributed by atoms with Gasteiger partial charge in [-0.25, -0.2) is 4.98 Å². The third-order valence-electron chi connectivity index (χ3n) is 4.92. The van der Waals surface area contributed by atoms with Crippen molar-refractivity contribution in [3.8, 4) is 0 Å². The van der Waals surface area contributed by atoms with Crippen molar-refractivity contribution in [2.24, 2.45) is 0 Å². The quantitative estimate of drug-likeness (QED) is 0.466. The number of hydrogen-bond donors (Lipinski definition) is 1. The maximum atomic E-state index is 13.1. The maximum Gasteiger partial charge on any atom is 0.263 e. The van der Waals surface area contributed by atoms with Crippen molar-refractivity contribution in [3.05, 3.63) is 45.0 Å². The molecule has 3 heterocycles. The summed E-state index contributed by atoms with van der Waals surface area (Å²) in [6.07, 6.45) is 5.56. The molecule has 0 fully saturated rings. The Balaban J connectivity index is 1.55. The zero-order valence-electron chi connectivity index (χ0n) is 16.0. The highest BCUT2D eigenvalue weighted by molar-refractivity contribution is 7.99. The fourth-order valence-electron chi connectivity index (χ4n) is 3.61. The molecule has 1 amide bonds. The van der Waals surface area contributed by atoms with Crippen LogP contribution in [0, 0.1) is 0 Å². The van der Waals surface area contributed by atoms with E-state index in [0.29, 0.717) is 17.5 Å². The first-order chi connectivity index (χ1) is 13.6. The van der Waals surface area contributed by atoms with Gasteiger partial charge in [-0.15, -0.1) is 11.3 Å². The van der Waals surface area contributed by atoms with Crippen molar-refractivity contribution in [3.63, 3.8) is 0 Å². The molecule has 6 nitrogen and oxygen atoms in total. The Morgan fingerprint density at radius 3 is 3.07 bits per heavy atom. The zero-order valence-corrected chi connectivity index (χ0v) is 17.6. The highest BCUT2D eigenvalue weighted by Crippen LogP contribution is 2.35. The van der Waals surface area contributed by atoms with E-state index in [1.54, 1.807) is 28.2 Å². The summed E-state index contributed by atoms with van der Waals surface area (Å²) in [5.74, 6) is 0.812. The number of carbonyl (C=O) groups is 1. The number of amides is 1. The van der Waals surface area contributed by atoms with Crippen LogP contribution in [-0.4, -0.2) is 21.2 Å². The van der Waals surface area contributed by atoms with Crippen LogP contribution < -0.4 is 10.9 Å². The van der Waals surface area contributed by atoms with Crippen LogP contribution >= 0.6 is 23.1 Å². The van der Waals surface area contributed by atoms with Gasteiger partial charge in [0.15, 0.2) is 5.16 Å². The second kappa shape index (κ2) is 8.13. The fourth-order valence-corrected chi connectivity index (χ4v) is 5.75. The molecule has 148 valence electrons. The van der Waals surface area contributed by atoms with Crippen LogP contribution in [0.3, 0.4) is 0 Å². The van der Waals surface area contributed by atoms with Gasteiger partial charge in [0.1, 0.15) is 10.6 Å². The van der Waals surface area contributed by atoms with Crippen molar-refractivity contribution in [1.82, 2.24) is 14.9 Å². The largest absolute Gasteiger partial charge is 0.467 e. The molecule has 8 heteroatoms. The summed E-state index contributed by atoms with van der Waals surface area (Å²) in [6, 6.07) is 3.44. The average Bonchev–Trinajstić information content (AvgIpc) is 3.39. The lowest BCUT2D eigenvalue weighted by atomic mass is 10.2. The second-order valence-corrected chi connectivity index (χ2v) is 9.01. The minimum atomic E-state index is -0.198. The van der Waals surface area contributed by atoms with Gasteiger partial charge in [-0.2, -0.15) is 0 Å². The summed E-state index contributed by atoms with van der Waals surface area (Å²) >= 11 is 2.95. The summed E-state index contributed by atoms with van der Waals surface area (Å²) in [5, 5.41) is 4.34. The Kier molecular flexibility index (Phi) is 5.59. The molecule has 1 N–H and O–H groups in total. The van der Waals surface area contributed by atoms with E-state index < -0.39 is 0 Å². The molecule has 0 aromatic carbocycles. The molecule has 1 atom stereocenters. The van der Waals surface area contributed by atoms with Gasteiger partial charge in [0.25, 0.3) is 5.56 Å². The van der Waals surface area contributed by atoms with Crippen molar-refractivity contribution in [1.29, 1.82) is 0 Å². The van der Waals surface area contributed by atoms with Crippen molar-refractivity contribution < 1.29 is 9.21 Å². The van der Waals surface area contributed by atoms with E-state index in [9.17, 15) is 9.59 Å². The highest BCUT2D eigenvalue weighted by atomic mass is 32.2. The van der Waals surface area contributed by atoms with Gasteiger partial charge >= 0.3 is 0 Å². The first kappa shape index (κ1) is 19.3. The molecule has 1 aliphatic carbocycles. The van der Waals surface area contributed by atoms with E-state index >= 15 is 0 Å². The molecule has 1 aliphatic rings. The van der Waals surface area contributed by atoms with Crippen LogP contribution in [0.5, 0.6) is 0 Å². The Labute approximate surface area is 171 Å². The molecule has 0 radical (unpaired) electrons. The van der Waals surface area contributed by atoms with Crippen LogP contribution in [0.2, 0.25) is 0 Å². The number of fused-ring (bicyclic) bond motifs is 3. The predicted octanol–water partition coefficient (Wildman–Crippen LogP) is 3.92. The smallest absolute Gasteiger partial charge is 0.263 e. The molecule has 4 rings (SSSR count). The Morgan fingerprint density at radius 2 is 2.32 bits per heavy atom. The zero-order chi connectivity index (χ0) is 19.7. The Hall–Kier alpha value is -2.06. The van der Waals surface area contributed by atoms with E-state index in [0.717, 1.165) is 35.9 Å². The van der Waals surface area contributed by atoms with Gasteiger partial charge in [-0.1, -0.05) is 18.7 Å². The van der Waals surface area contributed by atoms with Gasteiger partial charge in [-0.05, 0) is 50.3 Å². The van der Waals surface area contributed by atoms with Crippen LogP contribution in [-0.2, 0) is 24.2 Å². The number of nitrogens with zero attached hydrogens (tertiary/aromatic N) is 2. The van der Waals surface area contributed by atoms with Crippen LogP contribution in [0.1, 0.15) is 48.9 Å². The highest BCUT2D eigenvalue weighted by Gasteiger charge is 2.23. The summed E-state index contributed by atoms with van der Waals surface area (Å²) in [4.78, 5) is 32.4. The average molecular weight is 418 g/mol. The second-order valence-electron chi connectivity index (χ2n) is 6.98. The lowest BCUT2D eigenvalue weighted by Crippen LogP contribution is -2.29. The van der Waals surface area contributed by atoms with Crippen LogP contribution in [0.25, 0.3) is 10.2 Å². The van der Waals surface area contributed by atoms with Gasteiger partial charge in [0.2, 0.25) is 5.91 Å². The predicted molar refractivity (Wildman–Crippen MR) is 112 cm³/mol. The third kappa shape index (κ3) is 3.63. The van der Waals surface area contributed by atoms with E-state index in [2.05, 4.69) is 5.32 Å².